The number of H-pyrrole nitrogens is 1. The van der Waals surface area contributed by atoms with Crippen molar-refractivity contribution in [3.8, 4) is 0 Å². The maximum Gasteiger partial charge on any atom is 0.348 e. The molecule has 0 saturated carbocycles. The number of hydrogen-bond donors (Lipinski definition) is 1. The second-order valence-electron chi connectivity index (χ2n) is 8.66. The molecular weight excluding hydrogens is 418 g/mol. The van der Waals surface area contributed by atoms with Gasteiger partial charge in [-0.2, -0.15) is 0 Å². The Kier molecular flexibility index (Phi) is 5.24. The molecule has 1 N–H and O–H groups in total. The van der Waals surface area contributed by atoms with Gasteiger partial charge < -0.3 is 19.4 Å². The second-order valence-corrected chi connectivity index (χ2v) is 8.66. The van der Waals surface area contributed by atoms with Gasteiger partial charge in [0.05, 0.1) is 6.10 Å². The van der Waals surface area contributed by atoms with Gasteiger partial charge in [-0.15, -0.1) is 0 Å². The first-order chi connectivity index (χ1) is 15.9. The Hall–Kier alpha value is -3.87. The van der Waals surface area contributed by atoms with Crippen LogP contribution in [0, 0.1) is 6.92 Å². The first-order valence-electron chi connectivity index (χ1n) is 11.1. The molecule has 0 bridgehead atoms. The predicted octanol–water partition coefficient (Wildman–Crippen LogP) is 4.03. The third-order valence-electron chi connectivity index (χ3n) is 5.85. The summed E-state index contributed by atoms with van der Waals surface area (Å²) >= 11 is 0. The van der Waals surface area contributed by atoms with Crippen molar-refractivity contribution in [3.05, 3.63) is 82.2 Å². The van der Waals surface area contributed by atoms with E-state index >= 15 is 0 Å². The average molecular weight is 444 g/mol. The van der Waals surface area contributed by atoms with Gasteiger partial charge >= 0.3 is 5.97 Å². The smallest absolute Gasteiger partial charge is 0.348 e. The number of nitrogens with zero attached hydrogens (tertiary/aromatic N) is 2. The van der Waals surface area contributed by atoms with Crippen LogP contribution >= 0.6 is 0 Å². The van der Waals surface area contributed by atoms with E-state index in [0.29, 0.717) is 18.7 Å². The molecule has 0 fully saturated rings. The maximum atomic E-state index is 13.3. The van der Waals surface area contributed by atoms with Crippen molar-refractivity contribution in [2.24, 2.45) is 0 Å². The first kappa shape index (κ1) is 21.0. The Labute approximate surface area is 191 Å². The number of pyridine rings is 1. The highest BCUT2D eigenvalue weighted by molar-refractivity contribution is 6.26. The molecule has 2 aromatic heterocycles. The zero-order valence-electron chi connectivity index (χ0n) is 18.8. The molecule has 7 heteroatoms. The Bertz CT molecular complexity index is 1330. The van der Waals surface area contributed by atoms with Gasteiger partial charge in [0.15, 0.2) is 11.3 Å². The van der Waals surface area contributed by atoms with E-state index in [1.807, 2.05) is 17.0 Å². The molecule has 0 atom stereocenters. The van der Waals surface area contributed by atoms with Crippen molar-refractivity contribution in [3.63, 3.8) is 0 Å². The summed E-state index contributed by atoms with van der Waals surface area (Å²) in [6, 6.07) is 10.1. The van der Waals surface area contributed by atoms with Gasteiger partial charge in [-0.3, -0.25) is 4.79 Å². The number of fused-ring (bicyclic) bond motifs is 2. The van der Waals surface area contributed by atoms with Gasteiger partial charge in [0.1, 0.15) is 5.65 Å². The fourth-order valence-corrected chi connectivity index (χ4v) is 4.29. The first-order valence-corrected chi connectivity index (χ1v) is 11.1. The molecule has 4 heterocycles. The number of ketones is 1. The average Bonchev–Trinajstić information content (AvgIpc) is 3.34. The van der Waals surface area contributed by atoms with Crippen LogP contribution in [0.3, 0.4) is 0 Å². The van der Waals surface area contributed by atoms with Crippen LogP contribution in [0.25, 0.3) is 17.1 Å². The summed E-state index contributed by atoms with van der Waals surface area (Å²) in [7, 11) is 0. The fourth-order valence-electron chi connectivity index (χ4n) is 4.29. The number of aryl methyl sites for hydroxylation is 1. The summed E-state index contributed by atoms with van der Waals surface area (Å²) in [6.45, 7) is 6.77. The van der Waals surface area contributed by atoms with E-state index < -0.39 is 11.8 Å². The molecule has 33 heavy (non-hydrogen) atoms. The summed E-state index contributed by atoms with van der Waals surface area (Å²) in [5, 5.41) is 0.864. The lowest BCUT2D eigenvalue weighted by Crippen LogP contribution is -2.32. The van der Waals surface area contributed by atoms with Crippen LogP contribution < -0.4 is 0 Å². The molecule has 2 aliphatic heterocycles. The molecule has 0 spiro atoms. The van der Waals surface area contributed by atoms with Gasteiger partial charge in [-0.1, -0.05) is 23.8 Å². The Morgan fingerprint density at radius 2 is 2.12 bits per heavy atom. The van der Waals surface area contributed by atoms with Crippen LogP contribution in [-0.4, -0.2) is 39.3 Å². The summed E-state index contributed by atoms with van der Waals surface area (Å²) < 4.78 is 11.5. The normalized spacial score (nSPS) is 17.2. The Balaban J connectivity index is 1.52. The molecule has 1 aromatic carbocycles. The summed E-state index contributed by atoms with van der Waals surface area (Å²) in [5.41, 5.74) is 5.03. The van der Waals surface area contributed by atoms with E-state index in [4.69, 9.17) is 9.47 Å². The number of carbonyl (C=O) groups is 2. The number of esters is 1. The van der Waals surface area contributed by atoms with Gasteiger partial charge in [0.25, 0.3) is 0 Å². The minimum Gasteiger partial charge on any atom is -0.459 e. The van der Waals surface area contributed by atoms with E-state index in [-0.39, 0.29) is 23.3 Å². The summed E-state index contributed by atoms with van der Waals surface area (Å²) in [6.07, 6.45) is 5.57. The van der Waals surface area contributed by atoms with Crippen molar-refractivity contribution < 1.29 is 19.1 Å². The van der Waals surface area contributed by atoms with Crippen LogP contribution in [0.4, 0.5) is 0 Å². The topological polar surface area (TPSA) is 84.5 Å². The molecule has 7 nitrogen and oxygen atoms in total. The number of carbonyl (C=O) groups excluding carboxylic acids is 2. The number of nitrogens with one attached hydrogen (secondary N) is 1. The van der Waals surface area contributed by atoms with E-state index in [2.05, 4.69) is 35.1 Å². The van der Waals surface area contributed by atoms with Crippen LogP contribution in [0.1, 0.15) is 36.1 Å². The zero-order chi connectivity index (χ0) is 23.1. The van der Waals surface area contributed by atoms with E-state index in [1.165, 1.54) is 16.7 Å². The fraction of sp³-hybridized carbons (Fsp3) is 0.269. The standard InChI is InChI=1S/C26H25N3O4/c1-15(2)32-26(31)22-23(30)21(12-18-13-28-24-20(18)5-4-9-27-24)33-25(22)29-10-8-17-7-6-16(3)11-19(17)14-29/h4-7,9,11-13,15H,8,10,14H2,1-3H3,(H,27,28). The number of aromatic amines is 1. The summed E-state index contributed by atoms with van der Waals surface area (Å²) in [4.78, 5) is 35.6. The minimum atomic E-state index is -0.663. The van der Waals surface area contributed by atoms with Crippen LogP contribution in [-0.2, 0) is 32.0 Å². The summed E-state index contributed by atoms with van der Waals surface area (Å²) in [5.74, 6) is -0.768. The highest BCUT2D eigenvalue weighted by atomic mass is 16.6. The predicted molar refractivity (Wildman–Crippen MR) is 124 cm³/mol. The van der Waals surface area contributed by atoms with Crippen molar-refractivity contribution >= 4 is 28.9 Å². The number of Topliss-reactive ketones (excluding diaryl/α,β-unsaturated/α-hetero) is 1. The molecule has 3 aromatic rings. The van der Waals surface area contributed by atoms with Crippen LogP contribution in [0.15, 0.2) is 59.9 Å². The number of ether oxygens (including phenoxy) is 2. The van der Waals surface area contributed by atoms with Gasteiger partial charge in [-0.25, -0.2) is 9.78 Å². The molecule has 0 unspecified atom stereocenters. The number of aromatic nitrogens is 2. The quantitative estimate of drug-likeness (QED) is 0.372. The van der Waals surface area contributed by atoms with Crippen LogP contribution in [0.5, 0.6) is 0 Å². The molecule has 0 radical (unpaired) electrons. The lowest BCUT2D eigenvalue weighted by molar-refractivity contribution is -0.143. The van der Waals surface area contributed by atoms with Crippen molar-refractivity contribution in [1.29, 1.82) is 0 Å². The number of allylic oxidation sites excluding steroid dienone is 1. The SMILES string of the molecule is Cc1ccc2c(c1)CN(C1=C(C(=O)OC(C)C)C(=O)C(=Cc3c[nH]c4ncccc34)O1)CC2. The molecule has 0 saturated heterocycles. The van der Waals surface area contributed by atoms with Crippen LogP contribution in [0.2, 0.25) is 0 Å². The number of rotatable bonds is 4. The van der Waals surface area contributed by atoms with Gasteiger partial charge in [-0.05, 0) is 56.5 Å². The number of hydrogen-bond acceptors (Lipinski definition) is 6. The minimum absolute atomic E-state index is 0.0518. The second kappa shape index (κ2) is 8.24. The largest absolute Gasteiger partial charge is 0.459 e. The Morgan fingerprint density at radius 1 is 1.27 bits per heavy atom. The van der Waals surface area contributed by atoms with Crippen molar-refractivity contribution in [2.75, 3.05) is 6.54 Å². The highest BCUT2D eigenvalue weighted by Gasteiger charge is 2.40. The molecule has 2 aliphatic rings. The zero-order valence-corrected chi connectivity index (χ0v) is 18.8. The third kappa shape index (κ3) is 3.91. The van der Waals surface area contributed by atoms with Crippen molar-refractivity contribution in [2.45, 2.75) is 39.8 Å². The Morgan fingerprint density at radius 3 is 2.94 bits per heavy atom. The molecular formula is C26H25N3O4. The lowest BCUT2D eigenvalue weighted by atomic mass is 9.97. The monoisotopic (exact) mass is 443 g/mol. The third-order valence-corrected chi connectivity index (χ3v) is 5.85. The molecule has 168 valence electrons. The molecule has 0 amide bonds. The van der Waals surface area contributed by atoms with E-state index in [9.17, 15) is 9.59 Å². The molecule has 0 aliphatic carbocycles. The van der Waals surface area contributed by atoms with Gasteiger partial charge in [0.2, 0.25) is 11.7 Å². The van der Waals surface area contributed by atoms with E-state index in [0.717, 1.165) is 17.4 Å². The van der Waals surface area contributed by atoms with E-state index in [1.54, 1.807) is 32.3 Å². The lowest BCUT2D eigenvalue weighted by Gasteiger charge is -2.31. The highest BCUT2D eigenvalue weighted by Crippen LogP contribution is 2.34. The maximum absolute atomic E-state index is 13.3. The number of benzene rings is 1. The molecule has 5 rings (SSSR count). The van der Waals surface area contributed by atoms with Gasteiger partial charge in [0, 0.05) is 36.4 Å². The van der Waals surface area contributed by atoms with Crippen molar-refractivity contribution in [1.82, 2.24) is 14.9 Å².